The van der Waals surface area contributed by atoms with Gasteiger partial charge in [-0.3, -0.25) is 9.40 Å². The van der Waals surface area contributed by atoms with Crippen molar-refractivity contribution in [3.63, 3.8) is 0 Å². The minimum absolute atomic E-state index is 0.0534. The molecule has 0 bridgehead atoms. The summed E-state index contributed by atoms with van der Waals surface area (Å²) in [6.45, 7) is 8.34. The fourth-order valence-electron chi connectivity index (χ4n) is 2.15. The third-order valence-corrected chi connectivity index (χ3v) is 3.97. The summed E-state index contributed by atoms with van der Waals surface area (Å²) in [5, 5.41) is 7.76. The zero-order valence-corrected chi connectivity index (χ0v) is 15.0. The van der Waals surface area contributed by atoms with Crippen molar-refractivity contribution in [2.24, 2.45) is 0 Å². The van der Waals surface area contributed by atoms with Crippen LogP contribution < -0.4 is 10.0 Å². The molecule has 0 aliphatic carbocycles. The molecular weight excluding hydrogens is 312 g/mol. The van der Waals surface area contributed by atoms with E-state index in [1.807, 2.05) is 29.9 Å². The van der Waals surface area contributed by atoms with Crippen LogP contribution in [-0.4, -0.2) is 24.5 Å². The van der Waals surface area contributed by atoms with Gasteiger partial charge in [-0.2, -0.15) is 5.10 Å². The zero-order valence-electron chi connectivity index (χ0n) is 14.2. The Morgan fingerprint density at radius 2 is 1.74 bits per heavy atom. The summed E-state index contributed by atoms with van der Waals surface area (Å²) in [5.41, 5.74) is 2.52. The van der Waals surface area contributed by atoms with Gasteiger partial charge in [-0.1, -0.05) is 12.1 Å². The number of nitrogens with one attached hydrogen (secondary N) is 2. The molecule has 1 heterocycles. The topological polar surface area (TPSA) is 76.0 Å². The van der Waals surface area contributed by atoms with Crippen molar-refractivity contribution in [2.75, 3.05) is 16.3 Å². The van der Waals surface area contributed by atoms with Crippen LogP contribution in [0.15, 0.2) is 36.7 Å². The van der Waals surface area contributed by atoms with Crippen molar-refractivity contribution in [1.29, 1.82) is 0 Å². The number of benzene rings is 1. The molecule has 23 heavy (non-hydrogen) atoms. The molecule has 0 unspecified atom stereocenters. The van der Waals surface area contributed by atoms with Crippen LogP contribution >= 0.6 is 0 Å². The number of anilines is 2. The number of hydrogen-bond donors (Lipinski definition) is 2. The highest BCUT2D eigenvalue weighted by Crippen LogP contribution is 2.22. The first-order valence-corrected chi connectivity index (χ1v) is 9.33. The van der Waals surface area contributed by atoms with E-state index in [0.717, 1.165) is 17.5 Å². The van der Waals surface area contributed by atoms with Crippen LogP contribution in [0.2, 0.25) is 0 Å². The normalized spacial score (nSPS) is 13.6. The van der Waals surface area contributed by atoms with Crippen LogP contribution in [0.5, 0.6) is 0 Å². The van der Waals surface area contributed by atoms with Crippen LogP contribution in [0.1, 0.15) is 39.3 Å². The maximum absolute atomic E-state index is 11.2. The lowest BCUT2D eigenvalue weighted by molar-refractivity contribution is 0.355. The van der Waals surface area contributed by atoms with Gasteiger partial charge in [0.1, 0.15) is 0 Å². The van der Waals surface area contributed by atoms with Crippen LogP contribution in [-0.2, 0) is 15.6 Å². The van der Waals surface area contributed by atoms with Crippen LogP contribution in [0.25, 0.3) is 0 Å². The van der Waals surface area contributed by atoms with E-state index in [9.17, 15) is 8.42 Å². The van der Waals surface area contributed by atoms with Gasteiger partial charge in [0.15, 0.2) is 0 Å². The monoisotopic (exact) mass is 336 g/mol. The Labute approximate surface area is 138 Å². The molecule has 2 aromatic rings. The number of aromatic nitrogens is 2. The van der Waals surface area contributed by atoms with Crippen molar-refractivity contribution < 1.29 is 8.42 Å². The van der Waals surface area contributed by atoms with E-state index < -0.39 is 10.0 Å². The Morgan fingerprint density at radius 3 is 2.22 bits per heavy atom. The molecule has 0 amide bonds. The van der Waals surface area contributed by atoms with E-state index >= 15 is 0 Å². The van der Waals surface area contributed by atoms with Gasteiger partial charge < -0.3 is 5.32 Å². The molecule has 0 radical (unpaired) electrons. The van der Waals surface area contributed by atoms with E-state index in [0.29, 0.717) is 5.69 Å². The lowest BCUT2D eigenvalue weighted by Crippen LogP contribution is -2.21. The number of rotatable bonds is 5. The fraction of sp³-hybridized carbons (Fsp3) is 0.438. The second-order valence-corrected chi connectivity index (χ2v) is 8.46. The van der Waals surface area contributed by atoms with Crippen molar-refractivity contribution in [3.05, 3.63) is 42.2 Å². The van der Waals surface area contributed by atoms with Crippen molar-refractivity contribution in [1.82, 2.24) is 9.78 Å². The minimum Gasteiger partial charge on any atom is -0.376 e. The third kappa shape index (κ3) is 4.99. The molecule has 0 spiro atoms. The summed E-state index contributed by atoms with van der Waals surface area (Å²) in [4.78, 5) is 0. The predicted octanol–water partition coefficient (Wildman–Crippen LogP) is 3.18. The second-order valence-electron chi connectivity index (χ2n) is 6.71. The molecule has 7 heteroatoms. The van der Waals surface area contributed by atoms with Crippen LogP contribution in [0, 0.1) is 0 Å². The highest BCUT2D eigenvalue weighted by Gasteiger charge is 2.15. The average Bonchev–Trinajstić information content (AvgIpc) is 2.86. The molecular formula is C16H24N4O2S. The predicted molar refractivity (Wildman–Crippen MR) is 94.2 cm³/mol. The van der Waals surface area contributed by atoms with Crippen LogP contribution in [0.3, 0.4) is 0 Å². The maximum Gasteiger partial charge on any atom is 0.229 e. The highest BCUT2D eigenvalue weighted by molar-refractivity contribution is 7.92. The molecule has 0 fully saturated rings. The molecule has 1 atom stereocenters. The van der Waals surface area contributed by atoms with Crippen molar-refractivity contribution in [3.8, 4) is 0 Å². The molecule has 6 nitrogen and oxygen atoms in total. The first kappa shape index (κ1) is 17.3. The highest BCUT2D eigenvalue weighted by atomic mass is 32.2. The molecule has 0 aliphatic rings. The second kappa shape index (κ2) is 6.23. The molecule has 1 aromatic carbocycles. The molecule has 2 rings (SSSR count). The van der Waals surface area contributed by atoms with E-state index in [1.165, 1.54) is 0 Å². The average molecular weight is 336 g/mol. The van der Waals surface area contributed by atoms with Crippen molar-refractivity contribution >= 4 is 21.4 Å². The van der Waals surface area contributed by atoms with E-state index in [1.54, 1.807) is 18.3 Å². The van der Waals surface area contributed by atoms with E-state index in [-0.39, 0.29) is 11.6 Å². The smallest absolute Gasteiger partial charge is 0.229 e. The molecule has 0 aliphatic heterocycles. The Morgan fingerprint density at radius 1 is 1.13 bits per heavy atom. The SMILES string of the molecule is C[C@H](Nc1cnn(C(C)(C)C)c1)c1ccc(NS(C)(=O)=O)cc1. The van der Waals surface area contributed by atoms with Gasteiger partial charge >= 0.3 is 0 Å². The Bertz CT molecular complexity index is 758. The van der Waals surface area contributed by atoms with Gasteiger partial charge in [0.25, 0.3) is 0 Å². The Kier molecular flexibility index (Phi) is 4.70. The van der Waals surface area contributed by atoms with Gasteiger partial charge in [-0.25, -0.2) is 8.42 Å². The minimum atomic E-state index is -3.25. The fourth-order valence-corrected chi connectivity index (χ4v) is 2.72. The lowest BCUT2D eigenvalue weighted by atomic mass is 10.1. The number of sulfonamides is 1. The summed E-state index contributed by atoms with van der Waals surface area (Å²) in [7, 11) is -3.25. The van der Waals surface area contributed by atoms with Gasteiger partial charge in [-0.05, 0) is 45.4 Å². The quantitative estimate of drug-likeness (QED) is 0.879. The molecule has 1 aromatic heterocycles. The van der Waals surface area contributed by atoms with E-state index in [4.69, 9.17) is 0 Å². The first-order chi connectivity index (χ1) is 10.5. The standard InChI is InChI=1S/C16H24N4O2S/c1-12(18-15-10-17-20(11-15)16(2,3)4)13-6-8-14(9-7-13)19-23(5,21)22/h6-12,18-19H,1-5H3/t12-/m0/s1. The first-order valence-electron chi connectivity index (χ1n) is 7.44. The molecule has 2 N–H and O–H groups in total. The maximum atomic E-state index is 11.2. The zero-order chi connectivity index (χ0) is 17.3. The largest absolute Gasteiger partial charge is 0.376 e. The van der Waals surface area contributed by atoms with Gasteiger partial charge in [-0.15, -0.1) is 0 Å². The summed E-state index contributed by atoms with van der Waals surface area (Å²) in [6, 6.07) is 7.40. The number of hydrogen-bond acceptors (Lipinski definition) is 4. The third-order valence-electron chi connectivity index (χ3n) is 3.37. The summed E-state index contributed by atoms with van der Waals surface area (Å²) < 4.78 is 26.8. The summed E-state index contributed by atoms with van der Waals surface area (Å²) in [5.74, 6) is 0. The summed E-state index contributed by atoms with van der Waals surface area (Å²) in [6.07, 6.45) is 4.93. The van der Waals surface area contributed by atoms with Crippen molar-refractivity contribution in [2.45, 2.75) is 39.3 Å². The van der Waals surface area contributed by atoms with Gasteiger partial charge in [0.2, 0.25) is 10.0 Å². The lowest BCUT2D eigenvalue weighted by Gasteiger charge is -2.19. The summed E-state index contributed by atoms with van der Waals surface area (Å²) >= 11 is 0. The number of nitrogens with zero attached hydrogens (tertiary/aromatic N) is 2. The molecule has 126 valence electrons. The Balaban J connectivity index is 2.06. The van der Waals surface area contributed by atoms with Crippen LogP contribution in [0.4, 0.5) is 11.4 Å². The molecule has 0 saturated carbocycles. The van der Waals surface area contributed by atoms with Gasteiger partial charge in [0, 0.05) is 17.9 Å². The van der Waals surface area contributed by atoms with Gasteiger partial charge in [0.05, 0.1) is 23.7 Å². The molecule has 0 saturated heterocycles. The van der Waals surface area contributed by atoms with E-state index in [2.05, 4.69) is 35.9 Å². The Hall–Kier alpha value is -2.02.